The lowest BCUT2D eigenvalue weighted by atomic mass is 10.0. The molecule has 0 saturated carbocycles. The maximum atomic E-state index is 14.0. The van der Waals surface area contributed by atoms with Gasteiger partial charge in [0, 0.05) is 32.0 Å². The molecule has 0 heterocycles. The first-order chi connectivity index (χ1) is 20.4. The first-order valence-corrected chi connectivity index (χ1v) is 16.6. The van der Waals surface area contributed by atoms with Gasteiger partial charge < -0.3 is 15.0 Å². The van der Waals surface area contributed by atoms with Gasteiger partial charge in [0.1, 0.15) is 11.8 Å². The van der Waals surface area contributed by atoms with Crippen LogP contribution in [-0.2, 0) is 32.6 Å². The first kappa shape index (κ1) is 33.6. The van der Waals surface area contributed by atoms with Crippen molar-refractivity contribution < 1.29 is 22.7 Å². The lowest BCUT2D eigenvalue weighted by Gasteiger charge is -2.33. The molecule has 2 amide bonds. The minimum absolute atomic E-state index is 0.0552. The van der Waals surface area contributed by atoms with Gasteiger partial charge in [0.25, 0.3) is 0 Å². The van der Waals surface area contributed by atoms with Gasteiger partial charge in [0.05, 0.1) is 19.1 Å². The van der Waals surface area contributed by atoms with Gasteiger partial charge in [-0.3, -0.25) is 13.9 Å². The minimum Gasteiger partial charge on any atom is -0.497 e. The van der Waals surface area contributed by atoms with E-state index in [-0.39, 0.29) is 37.4 Å². The van der Waals surface area contributed by atoms with E-state index < -0.39 is 16.1 Å². The molecule has 3 aromatic carbocycles. The number of hydrogen-bond acceptors (Lipinski definition) is 5. The number of anilines is 1. The largest absolute Gasteiger partial charge is 0.497 e. The lowest BCUT2D eigenvalue weighted by molar-refractivity contribution is -0.141. The molecular formula is C34H45N3O5S. The SMILES string of the molecule is CC[C@@H](C)NC(=O)[C@H](Cc1ccccc1)N(Cc1cccc(OC)c1)C(=O)CCCN(c1cc(C)ccc1C)S(C)(=O)=O. The minimum atomic E-state index is -3.59. The molecule has 0 unspecified atom stereocenters. The van der Waals surface area contributed by atoms with Gasteiger partial charge in [-0.1, -0.05) is 61.5 Å². The molecule has 0 aromatic heterocycles. The predicted molar refractivity (Wildman–Crippen MR) is 173 cm³/mol. The Morgan fingerprint density at radius 1 is 0.953 bits per heavy atom. The molecule has 232 valence electrons. The zero-order chi connectivity index (χ0) is 31.6. The monoisotopic (exact) mass is 607 g/mol. The molecule has 2 atom stereocenters. The quantitative estimate of drug-likeness (QED) is 0.249. The number of aryl methyl sites for hydroxylation is 2. The van der Waals surface area contributed by atoms with Crippen LogP contribution in [0.2, 0.25) is 0 Å². The molecule has 0 saturated heterocycles. The lowest BCUT2D eigenvalue weighted by Crippen LogP contribution is -2.52. The molecule has 0 aliphatic heterocycles. The third-order valence-corrected chi connectivity index (χ3v) is 8.72. The molecule has 8 nitrogen and oxygen atoms in total. The number of hydrogen-bond donors (Lipinski definition) is 1. The summed E-state index contributed by atoms with van der Waals surface area (Å²) in [6, 6.07) is 22.0. The molecule has 0 aliphatic carbocycles. The van der Waals surface area contributed by atoms with Crippen LogP contribution < -0.4 is 14.4 Å². The van der Waals surface area contributed by atoms with E-state index in [0.29, 0.717) is 24.3 Å². The van der Waals surface area contributed by atoms with E-state index in [1.807, 2.05) is 100 Å². The summed E-state index contributed by atoms with van der Waals surface area (Å²) in [7, 11) is -2.00. The molecule has 0 bridgehead atoms. The number of rotatable bonds is 15. The third-order valence-electron chi connectivity index (χ3n) is 7.54. The number of methoxy groups -OCH3 is 1. The summed E-state index contributed by atoms with van der Waals surface area (Å²) in [5.41, 5.74) is 4.17. The van der Waals surface area contributed by atoms with Crippen molar-refractivity contribution in [1.29, 1.82) is 0 Å². The van der Waals surface area contributed by atoms with Crippen molar-refractivity contribution in [3.05, 3.63) is 95.1 Å². The van der Waals surface area contributed by atoms with Crippen molar-refractivity contribution in [3.63, 3.8) is 0 Å². The smallest absolute Gasteiger partial charge is 0.243 e. The fraction of sp³-hybridized carbons (Fsp3) is 0.412. The van der Waals surface area contributed by atoms with Crippen LogP contribution >= 0.6 is 0 Å². The maximum absolute atomic E-state index is 14.0. The molecule has 3 aromatic rings. The molecule has 0 radical (unpaired) electrons. The van der Waals surface area contributed by atoms with Crippen molar-refractivity contribution in [2.24, 2.45) is 0 Å². The molecule has 9 heteroatoms. The zero-order valence-corrected chi connectivity index (χ0v) is 27.0. The van der Waals surface area contributed by atoms with Gasteiger partial charge in [0.2, 0.25) is 21.8 Å². The van der Waals surface area contributed by atoms with Crippen LogP contribution in [0.25, 0.3) is 0 Å². The number of benzene rings is 3. The molecule has 0 fully saturated rings. The maximum Gasteiger partial charge on any atom is 0.243 e. The average Bonchev–Trinajstić information content (AvgIpc) is 2.98. The summed E-state index contributed by atoms with van der Waals surface area (Å²) in [4.78, 5) is 29.4. The van der Waals surface area contributed by atoms with Crippen molar-refractivity contribution in [2.45, 2.75) is 72.0 Å². The molecule has 0 aliphatic rings. The Labute approximate surface area is 257 Å². The average molecular weight is 608 g/mol. The number of nitrogens with one attached hydrogen (secondary N) is 1. The Balaban J connectivity index is 1.93. The number of carbonyl (C=O) groups excluding carboxylic acids is 2. The van der Waals surface area contributed by atoms with Crippen molar-refractivity contribution in [3.8, 4) is 5.75 Å². The topological polar surface area (TPSA) is 96.0 Å². The van der Waals surface area contributed by atoms with Gasteiger partial charge in [-0.2, -0.15) is 0 Å². The standard InChI is InChI=1S/C34H45N3O5S/c1-7-27(4)35-34(39)32(23-28-13-9-8-10-14-28)36(24-29-15-11-16-30(22-29)42-5)33(38)17-12-20-37(43(6,40)41)31-21-25(2)18-19-26(31)3/h8-11,13-16,18-19,21-22,27,32H,7,12,17,20,23-24H2,1-6H3,(H,35,39)/t27-,32+/m1/s1. The highest BCUT2D eigenvalue weighted by atomic mass is 32.2. The summed E-state index contributed by atoms with van der Waals surface area (Å²) < 4.78 is 32.4. The van der Waals surface area contributed by atoms with Crippen LogP contribution in [0.4, 0.5) is 5.69 Å². The van der Waals surface area contributed by atoms with Crippen LogP contribution in [-0.4, -0.2) is 57.1 Å². The molecule has 3 rings (SSSR count). The first-order valence-electron chi connectivity index (χ1n) is 14.7. The van der Waals surface area contributed by atoms with Gasteiger partial charge in [-0.05, 0) is 74.1 Å². The Bertz CT molecular complexity index is 1480. The van der Waals surface area contributed by atoms with Gasteiger partial charge in [0.15, 0.2) is 0 Å². The van der Waals surface area contributed by atoms with Gasteiger partial charge in [-0.25, -0.2) is 8.42 Å². The van der Waals surface area contributed by atoms with Crippen LogP contribution in [0.15, 0.2) is 72.8 Å². The second-order valence-corrected chi connectivity index (χ2v) is 13.0. The summed E-state index contributed by atoms with van der Waals surface area (Å²) in [5.74, 6) is 0.214. The summed E-state index contributed by atoms with van der Waals surface area (Å²) in [6.07, 6.45) is 2.65. The van der Waals surface area contributed by atoms with E-state index in [9.17, 15) is 18.0 Å². The predicted octanol–water partition coefficient (Wildman–Crippen LogP) is 5.41. The summed E-state index contributed by atoms with van der Waals surface area (Å²) in [5, 5.41) is 3.08. The normalized spacial score (nSPS) is 12.7. The third kappa shape index (κ3) is 9.85. The number of nitrogens with zero attached hydrogens (tertiary/aromatic N) is 2. The van der Waals surface area contributed by atoms with Gasteiger partial charge >= 0.3 is 0 Å². The van der Waals surface area contributed by atoms with Crippen LogP contribution in [0.1, 0.15) is 55.4 Å². The Kier molecular flexibility index (Phi) is 12.2. The van der Waals surface area contributed by atoms with E-state index in [2.05, 4.69) is 5.32 Å². The highest BCUT2D eigenvalue weighted by molar-refractivity contribution is 7.92. The van der Waals surface area contributed by atoms with E-state index >= 15 is 0 Å². The Morgan fingerprint density at radius 2 is 1.65 bits per heavy atom. The highest BCUT2D eigenvalue weighted by Crippen LogP contribution is 2.25. The number of sulfonamides is 1. The van der Waals surface area contributed by atoms with Crippen molar-refractivity contribution in [2.75, 3.05) is 24.2 Å². The van der Waals surface area contributed by atoms with Crippen molar-refractivity contribution >= 4 is 27.5 Å². The summed E-state index contributed by atoms with van der Waals surface area (Å²) in [6.45, 7) is 8.08. The number of amides is 2. The molecule has 0 spiro atoms. The zero-order valence-electron chi connectivity index (χ0n) is 26.2. The second kappa shape index (κ2) is 15.6. The Morgan fingerprint density at radius 3 is 2.30 bits per heavy atom. The van der Waals surface area contributed by atoms with Crippen molar-refractivity contribution in [1.82, 2.24) is 10.2 Å². The number of carbonyl (C=O) groups is 2. The van der Waals surface area contributed by atoms with Gasteiger partial charge in [-0.15, -0.1) is 0 Å². The highest BCUT2D eigenvalue weighted by Gasteiger charge is 2.31. The van der Waals surface area contributed by atoms with E-state index in [1.54, 1.807) is 12.0 Å². The van der Waals surface area contributed by atoms with E-state index in [0.717, 1.165) is 28.7 Å². The van der Waals surface area contributed by atoms with E-state index in [4.69, 9.17) is 4.74 Å². The van der Waals surface area contributed by atoms with Crippen LogP contribution in [0.5, 0.6) is 5.75 Å². The second-order valence-electron chi connectivity index (χ2n) is 11.1. The van der Waals surface area contributed by atoms with Crippen LogP contribution in [0.3, 0.4) is 0 Å². The molecular weight excluding hydrogens is 562 g/mol. The fourth-order valence-corrected chi connectivity index (χ4v) is 5.95. The molecule has 1 N–H and O–H groups in total. The van der Waals surface area contributed by atoms with Crippen LogP contribution in [0, 0.1) is 13.8 Å². The number of ether oxygens (including phenoxy) is 1. The van der Waals surface area contributed by atoms with E-state index in [1.165, 1.54) is 10.6 Å². The molecule has 43 heavy (non-hydrogen) atoms. The summed E-state index contributed by atoms with van der Waals surface area (Å²) >= 11 is 0. The Hall–Kier alpha value is -3.85. The fourth-order valence-electron chi connectivity index (χ4n) is 4.93.